The van der Waals surface area contributed by atoms with Crippen LogP contribution in [-0.2, 0) is 4.74 Å². The molecule has 0 aliphatic heterocycles. The van der Waals surface area contributed by atoms with Crippen LogP contribution in [0.1, 0.15) is 32.8 Å². The molecule has 0 bridgehead atoms. The molecule has 0 unspecified atom stereocenters. The van der Waals surface area contributed by atoms with Crippen molar-refractivity contribution in [1.82, 2.24) is 4.98 Å². The number of nitrogens with zero attached hydrogens (tertiary/aromatic N) is 1. The van der Waals surface area contributed by atoms with Crippen molar-refractivity contribution in [2.24, 2.45) is 0 Å². The average Bonchev–Trinajstić information content (AvgIpc) is 2.92. The van der Waals surface area contributed by atoms with E-state index in [9.17, 15) is 9.59 Å². The van der Waals surface area contributed by atoms with Crippen molar-refractivity contribution in [3.63, 3.8) is 0 Å². The van der Waals surface area contributed by atoms with Crippen molar-refractivity contribution in [1.29, 1.82) is 0 Å². The molecule has 0 radical (unpaired) electrons. The number of carbonyl (C=O) groups is 2. The number of nitrogens with one attached hydrogen (secondary N) is 1. The van der Waals surface area contributed by atoms with Gasteiger partial charge in [-0.05, 0) is 47.5 Å². The Morgan fingerprint density at radius 3 is 2.86 bits per heavy atom. The highest BCUT2D eigenvalue weighted by atomic mass is 79.9. The number of hydrogen-bond donors (Lipinski definition) is 1. The van der Waals surface area contributed by atoms with Gasteiger partial charge in [-0.25, -0.2) is 9.78 Å². The molecule has 2 aromatic rings. The van der Waals surface area contributed by atoms with Crippen molar-refractivity contribution in [2.75, 3.05) is 11.9 Å². The van der Waals surface area contributed by atoms with Gasteiger partial charge in [0.1, 0.15) is 5.69 Å². The normalized spacial score (nSPS) is 10.2. The molecule has 5 nitrogen and oxygen atoms in total. The quantitative estimate of drug-likeness (QED) is 0.836. The fraction of sp³-hybridized carbons (Fsp3) is 0.214. The van der Waals surface area contributed by atoms with Gasteiger partial charge >= 0.3 is 5.97 Å². The van der Waals surface area contributed by atoms with Crippen LogP contribution in [0.4, 0.5) is 5.69 Å². The first-order chi connectivity index (χ1) is 10.0. The topological polar surface area (TPSA) is 68.3 Å². The Morgan fingerprint density at radius 1 is 1.43 bits per heavy atom. The Hall–Kier alpha value is -1.73. The highest BCUT2D eigenvalue weighted by Gasteiger charge is 2.17. The number of ether oxygens (including phenoxy) is 1. The van der Waals surface area contributed by atoms with Gasteiger partial charge in [0, 0.05) is 9.85 Å². The third kappa shape index (κ3) is 3.89. The van der Waals surface area contributed by atoms with E-state index in [0.717, 1.165) is 21.4 Å². The maximum Gasteiger partial charge on any atom is 0.367 e. The molecule has 1 N–H and O–H groups in total. The fourth-order valence-electron chi connectivity index (χ4n) is 1.57. The summed E-state index contributed by atoms with van der Waals surface area (Å²) < 4.78 is 5.63. The second-order valence-corrected chi connectivity index (χ2v) is 5.91. The molecule has 1 amide bonds. The average molecular weight is 369 g/mol. The number of rotatable bonds is 4. The van der Waals surface area contributed by atoms with Crippen LogP contribution in [0.25, 0.3) is 0 Å². The van der Waals surface area contributed by atoms with E-state index in [1.54, 1.807) is 13.0 Å². The van der Waals surface area contributed by atoms with Gasteiger partial charge in [0.2, 0.25) is 5.01 Å². The molecule has 1 aromatic heterocycles. The molecule has 1 heterocycles. The minimum Gasteiger partial charge on any atom is -0.461 e. The van der Waals surface area contributed by atoms with Crippen LogP contribution in [0.5, 0.6) is 0 Å². The predicted octanol–water partition coefficient (Wildman–Crippen LogP) is 3.64. The van der Waals surface area contributed by atoms with Crippen LogP contribution >= 0.6 is 27.3 Å². The Kier molecular flexibility index (Phi) is 5.08. The van der Waals surface area contributed by atoms with E-state index in [-0.39, 0.29) is 23.2 Å². The monoisotopic (exact) mass is 368 g/mol. The lowest BCUT2D eigenvalue weighted by Gasteiger charge is -2.06. The summed E-state index contributed by atoms with van der Waals surface area (Å²) >= 11 is 4.48. The lowest BCUT2D eigenvalue weighted by atomic mass is 10.2. The van der Waals surface area contributed by atoms with E-state index in [2.05, 4.69) is 26.2 Å². The van der Waals surface area contributed by atoms with E-state index >= 15 is 0 Å². The maximum absolute atomic E-state index is 12.1. The molecule has 0 saturated heterocycles. The van der Waals surface area contributed by atoms with Gasteiger partial charge in [0.05, 0.1) is 12.3 Å². The molecule has 110 valence electrons. The maximum atomic E-state index is 12.1. The van der Waals surface area contributed by atoms with Gasteiger partial charge in [0.15, 0.2) is 0 Å². The number of esters is 1. The summed E-state index contributed by atoms with van der Waals surface area (Å²) in [6.07, 6.45) is 0. The molecular weight excluding hydrogens is 356 g/mol. The number of hydrogen-bond acceptors (Lipinski definition) is 5. The lowest BCUT2D eigenvalue weighted by Crippen LogP contribution is -2.13. The van der Waals surface area contributed by atoms with Gasteiger partial charge in [-0.2, -0.15) is 0 Å². The van der Waals surface area contributed by atoms with E-state index in [1.165, 1.54) is 5.38 Å². The van der Waals surface area contributed by atoms with Crippen molar-refractivity contribution in [2.45, 2.75) is 13.8 Å². The van der Waals surface area contributed by atoms with Crippen molar-refractivity contribution in [3.05, 3.63) is 44.3 Å². The molecule has 1 aromatic carbocycles. The molecule has 0 fully saturated rings. The minimum atomic E-state index is -0.516. The van der Waals surface area contributed by atoms with Crippen molar-refractivity contribution in [3.8, 4) is 0 Å². The second kappa shape index (κ2) is 6.82. The first-order valence-electron chi connectivity index (χ1n) is 6.21. The summed E-state index contributed by atoms with van der Waals surface area (Å²) in [5.41, 5.74) is 1.92. The summed E-state index contributed by atoms with van der Waals surface area (Å²) in [5.74, 6) is -0.885. The van der Waals surface area contributed by atoms with E-state index in [4.69, 9.17) is 4.74 Å². The van der Waals surface area contributed by atoms with Crippen LogP contribution in [0.3, 0.4) is 0 Å². The van der Waals surface area contributed by atoms with Crippen LogP contribution in [0, 0.1) is 6.92 Å². The number of halogens is 1. The van der Waals surface area contributed by atoms with E-state index in [1.807, 2.05) is 19.1 Å². The lowest BCUT2D eigenvalue weighted by molar-refractivity contribution is 0.0526. The van der Waals surface area contributed by atoms with Crippen LogP contribution in [0.2, 0.25) is 0 Å². The van der Waals surface area contributed by atoms with Gasteiger partial charge in [0.25, 0.3) is 5.91 Å². The number of aryl methyl sites for hydroxylation is 1. The van der Waals surface area contributed by atoms with Crippen molar-refractivity contribution >= 4 is 44.8 Å². The fourth-order valence-corrected chi connectivity index (χ4v) is 2.85. The SMILES string of the molecule is CCOC(=O)c1nc(C(=O)Nc2ccc(C)cc2Br)cs1. The van der Waals surface area contributed by atoms with Crippen LogP contribution in [0.15, 0.2) is 28.1 Å². The number of thiazole rings is 1. The first-order valence-corrected chi connectivity index (χ1v) is 7.88. The molecule has 0 atom stereocenters. The van der Waals surface area contributed by atoms with Gasteiger partial charge < -0.3 is 10.1 Å². The smallest absolute Gasteiger partial charge is 0.367 e. The standard InChI is InChI=1S/C14H13BrN2O3S/c1-3-20-14(19)13-17-11(7-21-13)12(18)16-10-5-4-8(2)6-9(10)15/h4-7H,3H2,1-2H3,(H,16,18). The highest BCUT2D eigenvalue weighted by Crippen LogP contribution is 2.24. The summed E-state index contributed by atoms with van der Waals surface area (Å²) in [6, 6.07) is 5.60. The van der Waals surface area contributed by atoms with Gasteiger partial charge in [-0.3, -0.25) is 4.79 Å². The minimum absolute atomic E-state index is 0.171. The van der Waals surface area contributed by atoms with E-state index in [0.29, 0.717) is 5.69 Å². The Balaban J connectivity index is 2.12. The molecule has 21 heavy (non-hydrogen) atoms. The highest BCUT2D eigenvalue weighted by molar-refractivity contribution is 9.10. The van der Waals surface area contributed by atoms with Crippen LogP contribution in [-0.4, -0.2) is 23.5 Å². The number of benzene rings is 1. The van der Waals surface area contributed by atoms with E-state index < -0.39 is 5.97 Å². The first kappa shape index (κ1) is 15.7. The summed E-state index contributed by atoms with van der Waals surface area (Å²) in [4.78, 5) is 27.6. The molecule has 2 rings (SSSR count). The Morgan fingerprint density at radius 2 is 2.19 bits per heavy atom. The van der Waals surface area contributed by atoms with Gasteiger partial charge in [-0.15, -0.1) is 11.3 Å². The molecule has 7 heteroatoms. The summed E-state index contributed by atoms with van der Waals surface area (Å²) in [6.45, 7) is 3.95. The molecule has 0 aliphatic rings. The Labute approximate surface area is 134 Å². The van der Waals surface area contributed by atoms with Crippen molar-refractivity contribution < 1.29 is 14.3 Å². The predicted molar refractivity (Wildman–Crippen MR) is 84.9 cm³/mol. The third-order valence-corrected chi connectivity index (χ3v) is 4.04. The largest absolute Gasteiger partial charge is 0.461 e. The molecule has 0 saturated carbocycles. The van der Waals surface area contributed by atoms with Gasteiger partial charge in [-0.1, -0.05) is 6.07 Å². The summed E-state index contributed by atoms with van der Waals surface area (Å²) in [7, 11) is 0. The number of amides is 1. The summed E-state index contributed by atoms with van der Waals surface area (Å²) in [5, 5.41) is 4.45. The molecule has 0 aliphatic carbocycles. The molecule has 0 spiro atoms. The zero-order valence-corrected chi connectivity index (χ0v) is 13.9. The zero-order valence-electron chi connectivity index (χ0n) is 11.5. The van der Waals surface area contributed by atoms with Crippen LogP contribution < -0.4 is 5.32 Å². The number of anilines is 1. The zero-order chi connectivity index (χ0) is 15.4. The third-order valence-electron chi connectivity index (χ3n) is 2.56. The second-order valence-electron chi connectivity index (χ2n) is 4.20. The Bertz CT molecular complexity index is 685. The molecular formula is C14H13BrN2O3S. The number of aromatic nitrogens is 1. The number of carbonyl (C=O) groups excluding carboxylic acids is 2.